The summed E-state index contributed by atoms with van der Waals surface area (Å²) in [6.45, 7) is 1.24. The lowest BCUT2D eigenvalue weighted by atomic mass is 10.6. The second-order valence-electron chi connectivity index (χ2n) is 2.14. The molecule has 72 valence electrons. The van der Waals surface area contributed by atoms with Crippen LogP contribution in [0.4, 0.5) is 4.39 Å². The Morgan fingerprint density at radius 2 is 2.46 bits per heavy atom. The minimum atomic E-state index is -0.638. The molecule has 0 atom stereocenters. The van der Waals surface area contributed by atoms with E-state index >= 15 is 0 Å². The highest BCUT2D eigenvalue weighted by Crippen LogP contribution is 1.95. The van der Waals surface area contributed by atoms with Crippen LogP contribution in [0.25, 0.3) is 0 Å². The molecule has 0 aliphatic carbocycles. The van der Waals surface area contributed by atoms with Crippen molar-refractivity contribution in [2.45, 2.75) is 13.5 Å². The first-order valence-electron chi connectivity index (χ1n) is 3.78. The second kappa shape index (κ2) is 4.48. The van der Waals surface area contributed by atoms with E-state index in [1.54, 1.807) is 6.92 Å². The molecule has 1 heterocycles. The summed E-state index contributed by atoms with van der Waals surface area (Å²) < 4.78 is 17.6. The van der Waals surface area contributed by atoms with Crippen LogP contribution in [-0.4, -0.2) is 39.5 Å². The van der Waals surface area contributed by atoms with Crippen molar-refractivity contribution in [2.75, 3.05) is 13.3 Å². The van der Waals surface area contributed by atoms with Gasteiger partial charge >= 0.3 is 5.97 Å². The Kier molecular flexibility index (Phi) is 3.30. The fourth-order valence-electron chi connectivity index (χ4n) is 0.777. The van der Waals surface area contributed by atoms with E-state index in [-0.39, 0.29) is 19.0 Å². The number of hydrogen-bond acceptors (Lipinski definition) is 5. The fraction of sp³-hybridized carbons (Fsp3) is 0.667. The van der Waals surface area contributed by atoms with Gasteiger partial charge in [-0.25, -0.2) is 13.9 Å². The molecule has 0 saturated carbocycles. The molecule has 13 heavy (non-hydrogen) atoms. The van der Waals surface area contributed by atoms with Gasteiger partial charge < -0.3 is 4.74 Å². The van der Waals surface area contributed by atoms with E-state index in [1.807, 2.05) is 0 Å². The normalized spacial score (nSPS) is 10.0. The summed E-state index contributed by atoms with van der Waals surface area (Å²) in [6, 6.07) is 0. The third kappa shape index (κ3) is 2.20. The summed E-state index contributed by atoms with van der Waals surface area (Å²) in [5, 5.41) is 10.1. The zero-order valence-electron chi connectivity index (χ0n) is 7.10. The average molecular weight is 188 g/mol. The quantitative estimate of drug-likeness (QED) is 0.613. The minimum absolute atomic E-state index is 0.0405. The van der Waals surface area contributed by atoms with Gasteiger partial charge in [-0.15, -0.1) is 5.10 Å². The first-order chi connectivity index (χ1) is 6.29. The predicted octanol–water partition coefficient (Wildman–Crippen LogP) is -0.181. The van der Waals surface area contributed by atoms with Crippen LogP contribution in [0.1, 0.15) is 17.5 Å². The van der Waals surface area contributed by atoms with Crippen molar-refractivity contribution in [2.24, 2.45) is 0 Å². The molecular formula is C6H9FN4O2. The van der Waals surface area contributed by atoms with Gasteiger partial charge in [-0.3, -0.25) is 0 Å². The van der Waals surface area contributed by atoms with Gasteiger partial charge in [0.05, 0.1) is 13.2 Å². The van der Waals surface area contributed by atoms with Crippen molar-refractivity contribution in [3.63, 3.8) is 0 Å². The summed E-state index contributed by atoms with van der Waals surface area (Å²) in [6.07, 6.45) is 0. The summed E-state index contributed by atoms with van der Waals surface area (Å²) in [5.41, 5.74) is 0. The first kappa shape index (κ1) is 9.56. The molecule has 0 fully saturated rings. The molecule has 0 aliphatic heterocycles. The number of halogens is 1. The van der Waals surface area contributed by atoms with E-state index in [9.17, 15) is 9.18 Å². The van der Waals surface area contributed by atoms with Crippen LogP contribution in [0.15, 0.2) is 0 Å². The molecule has 0 N–H and O–H groups in total. The van der Waals surface area contributed by atoms with Crippen LogP contribution >= 0.6 is 0 Å². The van der Waals surface area contributed by atoms with Gasteiger partial charge in [0.2, 0.25) is 0 Å². The smallest absolute Gasteiger partial charge is 0.378 e. The maximum absolute atomic E-state index is 11.9. The largest absolute Gasteiger partial charge is 0.460 e. The summed E-state index contributed by atoms with van der Waals surface area (Å²) in [4.78, 5) is 11.1. The summed E-state index contributed by atoms with van der Waals surface area (Å²) in [5.74, 6) is -0.708. The van der Waals surface area contributed by atoms with Gasteiger partial charge in [0, 0.05) is 0 Å². The summed E-state index contributed by atoms with van der Waals surface area (Å²) >= 11 is 0. The lowest BCUT2D eigenvalue weighted by Crippen LogP contribution is -2.15. The van der Waals surface area contributed by atoms with Crippen molar-refractivity contribution in [3.05, 3.63) is 5.82 Å². The molecule has 0 spiro atoms. The number of aryl methyl sites for hydroxylation is 1. The van der Waals surface area contributed by atoms with Crippen LogP contribution in [-0.2, 0) is 11.3 Å². The van der Waals surface area contributed by atoms with Gasteiger partial charge in [-0.05, 0) is 17.4 Å². The molecule has 0 bridgehead atoms. The Morgan fingerprint density at radius 1 is 1.69 bits per heavy atom. The Bertz CT molecular complexity index is 288. The molecule has 0 aromatic carbocycles. The Hall–Kier alpha value is -1.53. The number of nitrogens with zero attached hydrogens (tertiary/aromatic N) is 4. The van der Waals surface area contributed by atoms with Crippen LogP contribution < -0.4 is 0 Å². The third-order valence-electron chi connectivity index (χ3n) is 1.29. The van der Waals surface area contributed by atoms with Crippen LogP contribution in [0.2, 0.25) is 0 Å². The number of carbonyl (C=O) groups excluding carboxylic acids is 1. The highest BCUT2D eigenvalue weighted by atomic mass is 19.1. The second-order valence-corrected chi connectivity index (χ2v) is 2.14. The Morgan fingerprint density at radius 3 is 3.08 bits per heavy atom. The van der Waals surface area contributed by atoms with E-state index in [2.05, 4.69) is 20.3 Å². The van der Waals surface area contributed by atoms with Gasteiger partial charge in [0.1, 0.15) is 6.67 Å². The van der Waals surface area contributed by atoms with Crippen LogP contribution in [0, 0.1) is 0 Å². The highest BCUT2D eigenvalue weighted by Gasteiger charge is 2.15. The molecular weight excluding hydrogens is 179 g/mol. The molecule has 0 radical (unpaired) electrons. The molecule has 6 nitrogen and oxygen atoms in total. The van der Waals surface area contributed by atoms with Crippen molar-refractivity contribution in [1.82, 2.24) is 20.2 Å². The number of rotatable bonds is 4. The average Bonchev–Trinajstić information content (AvgIpc) is 2.54. The number of ether oxygens (including phenoxy) is 1. The van der Waals surface area contributed by atoms with E-state index in [4.69, 9.17) is 0 Å². The zero-order valence-corrected chi connectivity index (χ0v) is 7.10. The van der Waals surface area contributed by atoms with Crippen LogP contribution in [0.5, 0.6) is 0 Å². The molecule has 0 saturated heterocycles. The van der Waals surface area contributed by atoms with Crippen molar-refractivity contribution in [1.29, 1.82) is 0 Å². The topological polar surface area (TPSA) is 69.9 Å². The van der Waals surface area contributed by atoms with E-state index in [1.165, 1.54) is 0 Å². The molecule has 0 amide bonds. The third-order valence-corrected chi connectivity index (χ3v) is 1.29. The number of carbonyl (C=O) groups is 1. The number of aromatic nitrogens is 4. The maximum Gasteiger partial charge on any atom is 0.378 e. The van der Waals surface area contributed by atoms with Gasteiger partial charge in [-0.2, -0.15) is 0 Å². The van der Waals surface area contributed by atoms with Gasteiger partial charge in [0.25, 0.3) is 5.82 Å². The number of tetrazole rings is 1. The van der Waals surface area contributed by atoms with Crippen molar-refractivity contribution >= 4 is 5.97 Å². The highest BCUT2D eigenvalue weighted by molar-refractivity contribution is 5.85. The van der Waals surface area contributed by atoms with Crippen molar-refractivity contribution in [3.8, 4) is 0 Å². The maximum atomic E-state index is 11.9. The molecule has 1 aromatic heterocycles. The summed E-state index contributed by atoms with van der Waals surface area (Å²) in [7, 11) is 0. The van der Waals surface area contributed by atoms with E-state index in [0.717, 1.165) is 4.68 Å². The minimum Gasteiger partial charge on any atom is -0.460 e. The molecule has 1 rings (SSSR count). The molecule has 0 unspecified atom stereocenters. The lowest BCUT2D eigenvalue weighted by molar-refractivity contribution is 0.0504. The lowest BCUT2D eigenvalue weighted by Gasteiger charge is -2.00. The van der Waals surface area contributed by atoms with Crippen molar-refractivity contribution < 1.29 is 13.9 Å². The Labute approximate surface area is 73.7 Å². The number of alkyl halides is 1. The van der Waals surface area contributed by atoms with Crippen LogP contribution in [0.3, 0.4) is 0 Å². The van der Waals surface area contributed by atoms with E-state index in [0.29, 0.717) is 0 Å². The molecule has 0 aliphatic rings. The van der Waals surface area contributed by atoms with E-state index < -0.39 is 12.6 Å². The first-order valence-corrected chi connectivity index (χ1v) is 3.78. The molecule has 1 aromatic rings. The predicted molar refractivity (Wildman–Crippen MR) is 39.7 cm³/mol. The molecule has 7 heteroatoms. The zero-order chi connectivity index (χ0) is 9.68. The Balaban J connectivity index is 2.74. The van der Waals surface area contributed by atoms with Gasteiger partial charge in [0.15, 0.2) is 0 Å². The monoisotopic (exact) mass is 188 g/mol. The fourth-order valence-corrected chi connectivity index (χ4v) is 0.777. The van der Waals surface area contributed by atoms with Gasteiger partial charge in [-0.1, -0.05) is 0 Å². The SMILES string of the molecule is CCOC(=O)c1nnnn1CCF. The number of esters is 1. The standard InChI is InChI=1S/C6H9FN4O2/c1-2-13-6(12)5-8-9-10-11(5)4-3-7/h2-4H2,1H3. The number of hydrogen-bond donors (Lipinski definition) is 0.